The number of hydrogen-bond donors (Lipinski definition) is 1. The number of para-hydroxylation sites is 1. The second-order valence-corrected chi connectivity index (χ2v) is 7.34. The van der Waals surface area contributed by atoms with Gasteiger partial charge >= 0.3 is 0 Å². The molecule has 0 aromatic heterocycles. The molecule has 0 fully saturated rings. The molecule has 1 aromatic carbocycles. The maximum atomic E-state index is 5.96. The van der Waals surface area contributed by atoms with Gasteiger partial charge in [-0.05, 0) is 40.1 Å². The van der Waals surface area contributed by atoms with E-state index in [1.807, 2.05) is 17.8 Å². The van der Waals surface area contributed by atoms with Crippen molar-refractivity contribution in [1.29, 1.82) is 0 Å². The lowest BCUT2D eigenvalue weighted by molar-refractivity contribution is 0.242. The summed E-state index contributed by atoms with van der Waals surface area (Å²) in [5.74, 6) is 2.16. The van der Waals surface area contributed by atoms with Gasteiger partial charge in [0.15, 0.2) is 0 Å². The van der Waals surface area contributed by atoms with E-state index in [-0.39, 0.29) is 5.54 Å². The zero-order valence-corrected chi connectivity index (χ0v) is 14.9. The van der Waals surface area contributed by atoms with Gasteiger partial charge in [0.25, 0.3) is 0 Å². The van der Waals surface area contributed by atoms with E-state index in [2.05, 4.69) is 62.5 Å². The summed E-state index contributed by atoms with van der Waals surface area (Å²) in [7, 11) is 2.15. The van der Waals surface area contributed by atoms with E-state index in [0.29, 0.717) is 0 Å². The number of nitrogens with zero attached hydrogens (tertiary/aromatic N) is 1. The first-order chi connectivity index (χ1) is 9.92. The Bertz CT molecular complexity index is 404. The molecule has 1 rings (SSSR count). The van der Waals surface area contributed by atoms with E-state index in [0.717, 1.165) is 32.0 Å². The van der Waals surface area contributed by atoms with E-state index in [1.54, 1.807) is 0 Å². The maximum absolute atomic E-state index is 5.96. The van der Waals surface area contributed by atoms with Crippen LogP contribution in [0.2, 0.25) is 0 Å². The predicted octanol–water partition coefficient (Wildman–Crippen LogP) is 3.25. The molecule has 3 nitrogen and oxygen atoms in total. The molecule has 4 heteroatoms. The number of nitrogens with one attached hydrogen (secondary N) is 1. The molecule has 0 bridgehead atoms. The van der Waals surface area contributed by atoms with Gasteiger partial charge in [0.2, 0.25) is 0 Å². The summed E-state index contributed by atoms with van der Waals surface area (Å²) in [6, 6.07) is 8.29. The highest BCUT2D eigenvalue weighted by molar-refractivity contribution is 7.98. The summed E-state index contributed by atoms with van der Waals surface area (Å²) >= 11 is 1.88. The Kier molecular flexibility index (Phi) is 8.15. The second kappa shape index (κ2) is 9.34. The molecule has 0 saturated carbocycles. The predicted molar refractivity (Wildman–Crippen MR) is 94.4 cm³/mol. The SMILES string of the molecule is CSCCN(C)CCOc1ccccc1CNC(C)(C)C. The Hall–Kier alpha value is -0.710. The average Bonchev–Trinajstić information content (AvgIpc) is 2.43. The Labute approximate surface area is 134 Å². The highest BCUT2D eigenvalue weighted by Gasteiger charge is 2.10. The van der Waals surface area contributed by atoms with E-state index in [9.17, 15) is 0 Å². The number of likely N-dealkylation sites (N-methyl/N-ethyl adjacent to an activating group) is 1. The summed E-state index contributed by atoms with van der Waals surface area (Å²) < 4.78 is 5.96. The highest BCUT2D eigenvalue weighted by atomic mass is 32.2. The van der Waals surface area contributed by atoms with E-state index >= 15 is 0 Å². The maximum Gasteiger partial charge on any atom is 0.123 e. The molecule has 0 aliphatic heterocycles. The van der Waals surface area contributed by atoms with E-state index < -0.39 is 0 Å². The molecule has 0 spiro atoms. The average molecular weight is 311 g/mol. The molecule has 0 saturated heterocycles. The van der Waals surface area contributed by atoms with Crippen molar-refractivity contribution in [3.63, 3.8) is 0 Å². The lowest BCUT2D eigenvalue weighted by Gasteiger charge is -2.22. The molecular formula is C17H30N2OS. The lowest BCUT2D eigenvalue weighted by atomic mass is 10.1. The Morgan fingerprint density at radius 2 is 1.90 bits per heavy atom. The van der Waals surface area contributed by atoms with Crippen molar-refractivity contribution in [2.24, 2.45) is 0 Å². The fourth-order valence-corrected chi connectivity index (χ4v) is 2.32. The fourth-order valence-electron chi connectivity index (χ4n) is 1.82. The van der Waals surface area contributed by atoms with Crippen LogP contribution in [0, 0.1) is 0 Å². The van der Waals surface area contributed by atoms with Gasteiger partial charge in [0.05, 0.1) is 0 Å². The summed E-state index contributed by atoms with van der Waals surface area (Å²) in [5, 5.41) is 3.51. The molecule has 0 atom stereocenters. The molecule has 21 heavy (non-hydrogen) atoms. The van der Waals surface area contributed by atoms with Gasteiger partial charge in [0.1, 0.15) is 12.4 Å². The number of hydrogen-bond acceptors (Lipinski definition) is 4. The summed E-state index contributed by atoms with van der Waals surface area (Å²) in [6.45, 7) is 10.2. The molecule has 0 radical (unpaired) electrons. The van der Waals surface area contributed by atoms with Crippen molar-refractivity contribution >= 4 is 11.8 Å². The van der Waals surface area contributed by atoms with Gasteiger partial charge in [-0.25, -0.2) is 0 Å². The molecule has 0 aliphatic carbocycles. The van der Waals surface area contributed by atoms with E-state index in [4.69, 9.17) is 4.74 Å². The molecule has 0 aliphatic rings. The molecule has 1 aromatic rings. The standard InChI is InChI=1S/C17H30N2OS/c1-17(2,3)18-14-15-8-6-7-9-16(15)20-12-10-19(4)11-13-21-5/h6-9,18H,10-14H2,1-5H3. The zero-order valence-electron chi connectivity index (χ0n) is 14.1. The molecule has 0 amide bonds. The van der Waals surface area contributed by atoms with Crippen LogP contribution in [0.5, 0.6) is 5.75 Å². The van der Waals surface area contributed by atoms with Crippen LogP contribution >= 0.6 is 11.8 Å². The van der Waals surface area contributed by atoms with Crippen LogP contribution in [0.3, 0.4) is 0 Å². The smallest absolute Gasteiger partial charge is 0.123 e. The third kappa shape index (κ3) is 8.34. The lowest BCUT2D eigenvalue weighted by Crippen LogP contribution is -2.35. The van der Waals surface area contributed by atoms with Crippen LogP contribution < -0.4 is 10.1 Å². The molecular weight excluding hydrogens is 280 g/mol. The van der Waals surface area contributed by atoms with Crippen molar-refractivity contribution in [2.45, 2.75) is 32.9 Å². The summed E-state index contributed by atoms with van der Waals surface area (Å²) in [4.78, 5) is 2.31. The first-order valence-electron chi connectivity index (χ1n) is 7.55. The van der Waals surface area contributed by atoms with Crippen molar-refractivity contribution in [3.05, 3.63) is 29.8 Å². The fraction of sp³-hybridized carbons (Fsp3) is 0.647. The van der Waals surface area contributed by atoms with Gasteiger partial charge < -0.3 is 15.0 Å². The van der Waals surface area contributed by atoms with E-state index in [1.165, 1.54) is 11.3 Å². The Balaban J connectivity index is 2.44. The molecule has 0 heterocycles. The van der Waals surface area contributed by atoms with Crippen LogP contribution in [0.4, 0.5) is 0 Å². The summed E-state index contributed by atoms with van der Waals surface area (Å²) in [5.41, 5.74) is 1.34. The third-order valence-electron chi connectivity index (χ3n) is 3.19. The topological polar surface area (TPSA) is 24.5 Å². The monoisotopic (exact) mass is 310 g/mol. The number of thioether (sulfide) groups is 1. The van der Waals surface area contributed by atoms with Gasteiger partial charge in [-0.3, -0.25) is 0 Å². The van der Waals surface area contributed by atoms with Crippen LogP contribution in [-0.4, -0.2) is 49.2 Å². The van der Waals surface area contributed by atoms with Crippen LogP contribution in [0.1, 0.15) is 26.3 Å². The first kappa shape index (κ1) is 18.3. The van der Waals surface area contributed by atoms with Crippen LogP contribution in [0.25, 0.3) is 0 Å². The molecule has 120 valence electrons. The number of rotatable bonds is 9. The van der Waals surface area contributed by atoms with Crippen molar-refractivity contribution in [3.8, 4) is 5.75 Å². The van der Waals surface area contributed by atoms with Crippen molar-refractivity contribution in [1.82, 2.24) is 10.2 Å². The normalized spacial score (nSPS) is 11.9. The molecule has 0 unspecified atom stereocenters. The minimum atomic E-state index is 0.116. The number of benzene rings is 1. The zero-order chi connectivity index (χ0) is 15.7. The van der Waals surface area contributed by atoms with Crippen LogP contribution in [-0.2, 0) is 6.54 Å². The van der Waals surface area contributed by atoms with Gasteiger partial charge in [-0.1, -0.05) is 18.2 Å². The van der Waals surface area contributed by atoms with Crippen molar-refractivity contribution in [2.75, 3.05) is 38.8 Å². The minimum absolute atomic E-state index is 0.116. The Morgan fingerprint density at radius 3 is 2.57 bits per heavy atom. The summed E-state index contributed by atoms with van der Waals surface area (Å²) in [6.07, 6.45) is 2.14. The quantitative estimate of drug-likeness (QED) is 0.757. The van der Waals surface area contributed by atoms with Gasteiger partial charge in [-0.2, -0.15) is 11.8 Å². The van der Waals surface area contributed by atoms with Crippen LogP contribution in [0.15, 0.2) is 24.3 Å². The van der Waals surface area contributed by atoms with Crippen molar-refractivity contribution < 1.29 is 4.74 Å². The first-order valence-corrected chi connectivity index (χ1v) is 8.95. The Morgan fingerprint density at radius 1 is 1.19 bits per heavy atom. The minimum Gasteiger partial charge on any atom is -0.492 e. The largest absolute Gasteiger partial charge is 0.492 e. The number of ether oxygens (including phenoxy) is 1. The van der Waals surface area contributed by atoms with Gasteiger partial charge in [0, 0.05) is 36.5 Å². The molecule has 1 N–H and O–H groups in total. The van der Waals surface area contributed by atoms with Gasteiger partial charge in [-0.15, -0.1) is 0 Å². The third-order valence-corrected chi connectivity index (χ3v) is 3.78. The second-order valence-electron chi connectivity index (χ2n) is 6.36. The highest BCUT2D eigenvalue weighted by Crippen LogP contribution is 2.18.